The fourth-order valence-corrected chi connectivity index (χ4v) is 10.2. The van der Waals surface area contributed by atoms with Gasteiger partial charge in [-0.2, -0.15) is 0 Å². The second kappa shape index (κ2) is 6.51. The first-order valence-electron chi connectivity index (χ1n) is 13.3. The topological polar surface area (TPSA) is 57.5 Å². The van der Waals surface area contributed by atoms with Crippen LogP contribution in [0.5, 0.6) is 0 Å². The van der Waals surface area contributed by atoms with Gasteiger partial charge in [-0.3, -0.25) is 4.79 Å². The van der Waals surface area contributed by atoms with Gasteiger partial charge in [0.1, 0.15) is 5.60 Å². The predicted octanol–water partition coefficient (Wildman–Crippen LogP) is 6.07. The lowest BCUT2D eigenvalue weighted by atomic mass is 9.33. The molecule has 0 bridgehead atoms. The molecule has 0 aromatic carbocycles. The third-order valence-corrected chi connectivity index (χ3v) is 12.7. The maximum atomic E-state index is 14.1. The summed E-state index contributed by atoms with van der Waals surface area (Å²) in [4.78, 5) is 14.1. The fraction of sp³-hybridized carbons (Fsp3) is 0.897. The summed E-state index contributed by atoms with van der Waals surface area (Å²) in [6.07, 6.45) is 10.8. The minimum absolute atomic E-state index is 0.0108. The van der Waals surface area contributed by atoms with E-state index in [1.54, 1.807) is 0 Å². The van der Waals surface area contributed by atoms with E-state index < -0.39 is 11.0 Å². The summed E-state index contributed by atoms with van der Waals surface area (Å²) in [5, 5.41) is 23.4. The summed E-state index contributed by atoms with van der Waals surface area (Å²) in [6, 6.07) is 0. The van der Waals surface area contributed by atoms with Crippen LogP contribution < -0.4 is 0 Å². The average Bonchev–Trinajstić information content (AvgIpc) is 2.71. The Bertz CT molecular complexity index is 874. The summed E-state index contributed by atoms with van der Waals surface area (Å²) < 4.78 is 0. The summed E-state index contributed by atoms with van der Waals surface area (Å²) in [5.74, 6) is 0.974. The number of aliphatic hydroxyl groups is 2. The molecule has 9 unspecified atom stereocenters. The van der Waals surface area contributed by atoms with E-state index in [4.69, 9.17) is 0 Å². The Kier molecular flexibility index (Phi) is 4.69. The van der Waals surface area contributed by atoms with E-state index in [0.29, 0.717) is 11.8 Å². The zero-order valence-corrected chi connectivity index (χ0v) is 21.6. The number of carbonyl (C=O) groups excluding carboxylic acids is 1. The van der Waals surface area contributed by atoms with Crippen molar-refractivity contribution in [1.82, 2.24) is 0 Å². The summed E-state index contributed by atoms with van der Waals surface area (Å²) in [7, 11) is 0. The monoisotopic (exact) mass is 442 g/mol. The van der Waals surface area contributed by atoms with Gasteiger partial charge >= 0.3 is 0 Å². The largest absolute Gasteiger partial charge is 0.393 e. The van der Waals surface area contributed by atoms with Crippen LogP contribution >= 0.6 is 0 Å². The van der Waals surface area contributed by atoms with Crippen LogP contribution in [-0.2, 0) is 4.79 Å². The third kappa shape index (κ3) is 2.43. The highest BCUT2D eigenvalue weighted by molar-refractivity contribution is 6.00. The minimum atomic E-state index is -1.26. The predicted molar refractivity (Wildman–Crippen MR) is 128 cm³/mol. The van der Waals surface area contributed by atoms with Crippen molar-refractivity contribution in [3.05, 3.63) is 11.6 Å². The highest BCUT2D eigenvalue weighted by Gasteiger charge is 2.74. The normalized spacial score (nSPS) is 56.9. The second-order valence-corrected chi connectivity index (χ2v) is 14.3. The maximum Gasteiger partial charge on any atom is 0.188 e. The quantitative estimate of drug-likeness (QED) is 0.478. The number of hydrogen-bond donors (Lipinski definition) is 2. The molecule has 4 saturated carbocycles. The van der Waals surface area contributed by atoms with E-state index >= 15 is 0 Å². The Balaban J connectivity index is 1.67. The molecule has 3 nitrogen and oxygen atoms in total. The second-order valence-electron chi connectivity index (χ2n) is 14.3. The average molecular weight is 443 g/mol. The van der Waals surface area contributed by atoms with Crippen LogP contribution in [0.4, 0.5) is 0 Å². The van der Waals surface area contributed by atoms with Crippen molar-refractivity contribution in [2.45, 2.75) is 118 Å². The molecule has 0 aromatic heterocycles. The summed E-state index contributed by atoms with van der Waals surface area (Å²) in [5.41, 5.74) is -0.757. The lowest BCUT2D eigenvalue weighted by Crippen LogP contribution is -2.73. The van der Waals surface area contributed by atoms with Crippen molar-refractivity contribution in [3.63, 3.8) is 0 Å². The van der Waals surface area contributed by atoms with Gasteiger partial charge in [0.05, 0.1) is 6.10 Å². The molecule has 0 saturated heterocycles. The molecule has 9 atom stereocenters. The Morgan fingerprint density at radius 1 is 0.875 bits per heavy atom. The molecule has 0 radical (unpaired) electrons. The number of aliphatic hydroxyl groups excluding tert-OH is 1. The van der Waals surface area contributed by atoms with Crippen LogP contribution in [0.1, 0.15) is 106 Å². The molecule has 5 rings (SSSR count). The molecule has 0 aliphatic heterocycles. The molecule has 180 valence electrons. The number of carbonyl (C=O) groups is 1. The summed E-state index contributed by atoms with van der Waals surface area (Å²) >= 11 is 0. The first kappa shape index (κ1) is 23.1. The zero-order valence-electron chi connectivity index (χ0n) is 21.6. The number of rotatable bonds is 0. The third-order valence-electron chi connectivity index (χ3n) is 12.7. The number of allylic oxidation sites excluding steroid dienone is 1. The molecule has 4 fully saturated rings. The fourth-order valence-electron chi connectivity index (χ4n) is 10.2. The van der Waals surface area contributed by atoms with Crippen molar-refractivity contribution in [2.75, 3.05) is 0 Å². The first-order chi connectivity index (χ1) is 14.7. The van der Waals surface area contributed by atoms with Gasteiger partial charge in [-0.1, -0.05) is 60.5 Å². The van der Waals surface area contributed by atoms with Gasteiger partial charge < -0.3 is 10.2 Å². The van der Waals surface area contributed by atoms with Crippen LogP contribution in [-0.4, -0.2) is 27.7 Å². The van der Waals surface area contributed by atoms with Crippen LogP contribution in [0.3, 0.4) is 0 Å². The van der Waals surface area contributed by atoms with E-state index in [1.807, 2.05) is 6.08 Å². The van der Waals surface area contributed by atoms with E-state index in [0.717, 1.165) is 51.4 Å². The smallest absolute Gasteiger partial charge is 0.188 e. The van der Waals surface area contributed by atoms with Crippen LogP contribution in [0.15, 0.2) is 11.6 Å². The van der Waals surface area contributed by atoms with E-state index in [2.05, 4.69) is 48.5 Å². The molecular formula is C29H46O3. The van der Waals surface area contributed by atoms with Gasteiger partial charge in [0.15, 0.2) is 5.78 Å². The van der Waals surface area contributed by atoms with Gasteiger partial charge in [-0.15, -0.1) is 0 Å². The Labute approximate surface area is 195 Å². The van der Waals surface area contributed by atoms with Crippen LogP contribution in [0.2, 0.25) is 0 Å². The van der Waals surface area contributed by atoms with Gasteiger partial charge in [0.25, 0.3) is 0 Å². The number of hydrogen-bond acceptors (Lipinski definition) is 3. The SMILES string of the molecule is CC1CCC2(C)CCC3(C)C4(C)CCC5C(C)(CCC(O)C5(C)C)C4=CC(=O)C3(O)C2C1. The maximum absolute atomic E-state index is 14.1. The molecule has 2 N–H and O–H groups in total. The molecule has 0 heterocycles. The molecule has 0 spiro atoms. The van der Waals surface area contributed by atoms with Crippen LogP contribution in [0, 0.1) is 44.8 Å². The zero-order chi connectivity index (χ0) is 23.5. The Morgan fingerprint density at radius 3 is 2.25 bits per heavy atom. The van der Waals surface area contributed by atoms with E-state index in [-0.39, 0.29) is 39.5 Å². The van der Waals surface area contributed by atoms with Crippen molar-refractivity contribution in [2.24, 2.45) is 44.8 Å². The molecule has 0 aromatic rings. The Morgan fingerprint density at radius 2 is 1.56 bits per heavy atom. The molecule has 0 amide bonds. The highest BCUT2D eigenvalue weighted by Crippen LogP contribution is 2.75. The molecule has 32 heavy (non-hydrogen) atoms. The lowest BCUT2D eigenvalue weighted by Gasteiger charge is -2.72. The minimum Gasteiger partial charge on any atom is -0.393 e. The summed E-state index contributed by atoms with van der Waals surface area (Å²) in [6.45, 7) is 16.1. The van der Waals surface area contributed by atoms with Gasteiger partial charge in [0.2, 0.25) is 0 Å². The first-order valence-corrected chi connectivity index (χ1v) is 13.3. The molecule has 5 aliphatic rings. The van der Waals surface area contributed by atoms with Crippen molar-refractivity contribution in [1.29, 1.82) is 0 Å². The lowest BCUT2D eigenvalue weighted by molar-refractivity contribution is -0.242. The number of ketones is 1. The van der Waals surface area contributed by atoms with Gasteiger partial charge in [-0.05, 0) is 90.9 Å². The molecule has 3 heteroatoms. The molecular weight excluding hydrogens is 396 g/mol. The van der Waals surface area contributed by atoms with Gasteiger partial charge in [0, 0.05) is 11.3 Å². The molecule has 5 aliphatic carbocycles. The van der Waals surface area contributed by atoms with Gasteiger partial charge in [-0.25, -0.2) is 0 Å². The standard InChI is InChI=1S/C29H46O3/c1-18-8-11-25(4)14-15-28(7)27(6)13-9-19-24(2,3)22(30)10-12-26(19,5)21(27)17-23(31)29(28,32)20(25)16-18/h17-20,22,30,32H,8-16H2,1-7H3. The highest BCUT2D eigenvalue weighted by atomic mass is 16.3. The van der Waals surface area contributed by atoms with Crippen molar-refractivity contribution >= 4 is 5.78 Å². The Hall–Kier alpha value is -0.670. The number of fused-ring (bicyclic) bond motifs is 7. The van der Waals surface area contributed by atoms with Crippen molar-refractivity contribution in [3.8, 4) is 0 Å². The van der Waals surface area contributed by atoms with Crippen molar-refractivity contribution < 1.29 is 15.0 Å². The van der Waals surface area contributed by atoms with E-state index in [1.165, 1.54) is 12.0 Å². The van der Waals surface area contributed by atoms with E-state index in [9.17, 15) is 15.0 Å². The van der Waals surface area contributed by atoms with Crippen LogP contribution in [0.25, 0.3) is 0 Å².